The minimum Gasteiger partial charge on any atom is -0.350 e. The Balaban J connectivity index is 1.60. The molecule has 1 aliphatic carbocycles. The second-order valence-corrected chi connectivity index (χ2v) is 5.97. The Morgan fingerprint density at radius 3 is 3.00 bits per heavy atom. The standard InChI is InChI=1S/C17H19ClN2O/c18-14-7-6-13-10-16(20-15(13)11-14)17(21)19-9-8-12-4-2-1-3-5-12/h4,6-7,10-11,20H,1-3,5,8-9H2,(H,19,21). The maximum absolute atomic E-state index is 12.1. The van der Waals surface area contributed by atoms with Crippen molar-refractivity contribution >= 4 is 28.4 Å². The molecule has 0 aliphatic heterocycles. The number of carbonyl (C=O) groups excluding carboxylic acids is 1. The second-order valence-electron chi connectivity index (χ2n) is 5.53. The molecule has 2 aromatic rings. The fraction of sp³-hybridized carbons (Fsp3) is 0.353. The van der Waals surface area contributed by atoms with Gasteiger partial charge in [0.25, 0.3) is 5.91 Å². The van der Waals surface area contributed by atoms with E-state index in [9.17, 15) is 4.79 Å². The summed E-state index contributed by atoms with van der Waals surface area (Å²) < 4.78 is 0. The minimum atomic E-state index is -0.0567. The van der Waals surface area contributed by atoms with Gasteiger partial charge in [0.2, 0.25) is 0 Å². The van der Waals surface area contributed by atoms with Crippen molar-refractivity contribution in [3.8, 4) is 0 Å². The van der Waals surface area contributed by atoms with Gasteiger partial charge in [-0.05, 0) is 50.3 Å². The summed E-state index contributed by atoms with van der Waals surface area (Å²) in [6, 6.07) is 7.44. The van der Waals surface area contributed by atoms with Gasteiger partial charge in [-0.25, -0.2) is 0 Å². The first-order valence-corrected chi connectivity index (χ1v) is 7.84. The van der Waals surface area contributed by atoms with Gasteiger partial charge in [0, 0.05) is 22.5 Å². The molecular formula is C17H19ClN2O. The van der Waals surface area contributed by atoms with Crippen LogP contribution in [0.4, 0.5) is 0 Å². The van der Waals surface area contributed by atoms with Crippen LogP contribution in [-0.2, 0) is 0 Å². The van der Waals surface area contributed by atoms with Crippen LogP contribution < -0.4 is 5.32 Å². The molecule has 0 bridgehead atoms. The van der Waals surface area contributed by atoms with Crippen molar-refractivity contribution in [2.75, 3.05) is 6.54 Å². The van der Waals surface area contributed by atoms with E-state index in [-0.39, 0.29) is 5.91 Å². The highest BCUT2D eigenvalue weighted by Gasteiger charge is 2.10. The Bertz CT molecular complexity index is 687. The fourth-order valence-electron chi connectivity index (χ4n) is 2.79. The predicted molar refractivity (Wildman–Crippen MR) is 86.8 cm³/mol. The Kier molecular flexibility index (Phi) is 4.30. The maximum Gasteiger partial charge on any atom is 0.267 e. The first-order valence-electron chi connectivity index (χ1n) is 7.47. The average molecular weight is 303 g/mol. The van der Waals surface area contributed by atoms with Gasteiger partial charge in [0.1, 0.15) is 5.69 Å². The number of carbonyl (C=O) groups is 1. The SMILES string of the molecule is O=C(NCCC1=CCCCC1)c1cc2ccc(Cl)cc2[nH]1. The van der Waals surface area contributed by atoms with E-state index in [4.69, 9.17) is 11.6 Å². The number of hydrogen-bond acceptors (Lipinski definition) is 1. The lowest BCUT2D eigenvalue weighted by molar-refractivity contribution is 0.0950. The van der Waals surface area contributed by atoms with E-state index in [0.717, 1.165) is 17.3 Å². The molecule has 21 heavy (non-hydrogen) atoms. The predicted octanol–water partition coefficient (Wildman–Crippen LogP) is 4.44. The number of H-pyrrole nitrogens is 1. The van der Waals surface area contributed by atoms with Gasteiger partial charge in [-0.1, -0.05) is 29.3 Å². The molecule has 1 aromatic heterocycles. The third kappa shape index (κ3) is 3.48. The molecule has 1 heterocycles. The average Bonchev–Trinajstić information content (AvgIpc) is 2.91. The van der Waals surface area contributed by atoms with Crippen LogP contribution in [0.15, 0.2) is 35.9 Å². The summed E-state index contributed by atoms with van der Waals surface area (Å²) in [5, 5.41) is 4.64. The highest BCUT2D eigenvalue weighted by Crippen LogP contribution is 2.21. The smallest absolute Gasteiger partial charge is 0.267 e. The molecule has 1 aliphatic rings. The number of benzene rings is 1. The van der Waals surface area contributed by atoms with Crippen LogP contribution >= 0.6 is 11.6 Å². The molecule has 3 nitrogen and oxygen atoms in total. The quantitative estimate of drug-likeness (QED) is 0.806. The third-order valence-electron chi connectivity index (χ3n) is 3.95. The molecule has 0 atom stereocenters. The van der Waals surface area contributed by atoms with E-state index in [1.807, 2.05) is 24.3 Å². The Labute approximate surface area is 129 Å². The summed E-state index contributed by atoms with van der Waals surface area (Å²) in [7, 11) is 0. The van der Waals surface area contributed by atoms with Crippen LogP contribution in [-0.4, -0.2) is 17.4 Å². The summed E-state index contributed by atoms with van der Waals surface area (Å²) in [4.78, 5) is 15.3. The lowest BCUT2D eigenvalue weighted by atomic mass is 9.97. The number of amides is 1. The van der Waals surface area contributed by atoms with Crippen LogP contribution in [0.5, 0.6) is 0 Å². The van der Waals surface area contributed by atoms with Crippen LogP contribution in [0.3, 0.4) is 0 Å². The number of rotatable bonds is 4. The highest BCUT2D eigenvalue weighted by atomic mass is 35.5. The fourth-order valence-corrected chi connectivity index (χ4v) is 2.96. The van der Waals surface area contributed by atoms with Gasteiger partial charge >= 0.3 is 0 Å². The molecule has 0 saturated carbocycles. The molecule has 1 amide bonds. The molecule has 0 spiro atoms. The minimum absolute atomic E-state index is 0.0567. The number of allylic oxidation sites excluding steroid dienone is 1. The molecule has 0 fully saturated rings. The molecule has 2 N–H and O–H groups in total. The normalized spacial score (nSPS) is 15.0. The van der Waals surface area contributed by atoms with E-state index in [1.54, 1.807) is 0 Å². The molecule has 0 saturated heterocycles. The Morgan fingerprint density at radius 1 is 1.29 bits per heavy atom. The molecule has 4 heteroatoms. The monoisotopic (exact) mass is 302 g/mol. The zero-order chi connectivity index (χ0) is 14.7. The molecule has 0 radical (unpaired) electrons. The van der Waals surface area contributed by atoms with Crippen molar-refractivity contribution in [1.29, 1.82) is 0 Å². The molecule has 3 rings (SSSR count). The van der Waals surface area contributed by atoms with Crippen LogP contribution in [0, 0.1) is 0 Å². The van der Waals surface area contributed by atoms with Crippen molar-refractivity contribution < 1.29 is 4.79 Å². The highest BCUT2D eigenvalue weighted by molar-refractivity contribution is 6.31. The van der Waals surface area contributed by atoms with Crippen molar-refractivity contribution in [1.82, 2.24) is 10.3 Å². The maximum atomic E-state index is 12.1. The second kappa shape index (κ2) is 6.35. The zero-order valence-corrected chi connectivity index (χ0v) is 12.7. The number of halogens is 1. The molecule has 110 valence electrons. The third-order valence-corrected chi connectivity index (χ3v) is 4.18. The summed E-state index contributed by atoms with van der Waals surface area (Å²) >= 11 is 5.95. The largest absolute Gasteiger partial charge is 0.350 e. The lowest BCUT2D eigenvalue weighted by Gasteiger charge is -2.12. The summed E-state index contributed by atoms with van der Waals surface area (Å²) in [6.07, 6.45) is 8.22. The van der Waals surface area contributed by atoms with E-state index in [1.165, 1.54) is 31.3 Å². The summed E-state index contributed by atoms with van der Waals surface area (Å²) in [5.41, 5.74) is 2.96. The van der Waals surface area contributed by atoms with E-state index in [0.29, 0.717) is 17.3 Å². The van der Waals surface area contributed by atoms with E-state index < -0.39 is 0 Å². The number of fused-ring (bicyclic) bond motifs is 1. The van der Waals surface area contributed by atoms with Crippen molar-refractivity contribution in [3.63, 3.8) is 0 Å². The molecule has 0 unspecified atom stereocenters. The van der Waals surface area contributed by atoms with Crippen molar-refractivity contribution in [2.24, 2.45) is 0 Å². The van der Waals surface area contributed by atoms with E-state index >= 15 is 0 Å². The summed E-state index contributed by atoms with van der Waals surface area (Å²) in [5.74, 6) is -0.0567. The van der Waals surface area contributed by atoms with Crippen molar-refractivity contribution in [2.45, 2.75) is 32.1 Å². The van der Waals surface area contributed by atoms with Crippen molar-refractivity contribution in [3.05, 3.63) is 46.6 Å². The number of hydrogen-bond donors (Lipinski definition) is 2. The van der Waals surface area contributed by atoms with Crippen LogP contribution in [0.2, 0.25) is 5.02 Å². The van der Waals surface area contributed by atoms with Gasteiger partial charge in [0.15, 0.2) is 0 Å². The van der Waals surface area contributed by atoms with Gasteiger partial charge in [0.05, 0.1) is 0 Å². The van der Waals surface area contributed by atoms with Crippen LogP contribution in [0.25, 0.3) is 10.9 Å². The van der Waals surface area contributed by atoms with Gasteiger partial charge in [-0.3, -0.25) is 4.79 Å². The molecule has 1 aromatic carbocycles. The Morgan fingerprint density at radius 2 is 2.19 bits per heavy atom. The van der Waals surface area contributed by atoms with Gasteiger partial charge in [-0.15, -0.1) is 0 Å². The number of nitrogens with one attached hydrogen (secondary N) is 2. The number of aromatic amines is 1. The number of aromatic nitrogens is 1. The molecular weight excluding hydrogens is 284 g/mol. The first kappa shape index (κ1) is 14.2. The lowest BCUT2D eigenvalue weighted by Crippen LogP contribution is -2.25. The Hall–Kier alpha value is -1.74. The van der Waals surface area contributed by atoms with Crippen LogP contribution in [0.1, 0.15) is 42.6 Å². The first-order chi connectivity index (χ1) is 10.2. The topological polar surface area (TPSA) is 44.9 Å². The van der Waals surface area contributed by atoms with Gasteiger partial charge in [-0.2, -0.15) is 0 Å². The van der Waals surface area contributed by atoms with Gasteiger partial charge < -0.3 is 10.3 Å². The van der Waals surface area contributed by atoms with E-state index in [2.05, 4.69) is 16.4 Å². The summed E-state index contributed by atoms with van der Waals surface area (Å²) in [6.45, 7) is 0.695. The zero-order valence-electron chi connectivity index (χ0n) is 11.9.